The fourth-order valence-electron chi connectivity index (χ4n) is 7.34. The molecule has 0 aliphatic heterocycles. The summed E-state index contributed by atoms with van der Waals surface area (Å²) in [6, 6.07) is 29.7. The first kappa shape index (κ1) is 47.7. The van der Waals surface area contributed by atoms with Gasteiger partial charge in [0.1, 0.15) is 33.4 Å². The average molecular weight is 952 g/mol. The van der Waals surface area contributed by atoms with Crippen molar-refractivity contribution in [3.05, 3.63) is 132 Å². The highest BCUT2D eigenvalue weighted by molar-refractivity contribution is 7.93. The number of hydrogen-bond acceptors (Lipinski definition) is 13. The number of aromatic carboxylic acids is 1. The standard InChI is InChI=1S/C47H49N7O11S2/c1-47(2,3)65-46(57)48-24-25-66(58,59)40-23-22-37(38-9-7-8-33-26-39(45(55)56)49-42(33)38)41(44-50-51-52-54(44)29-32-14-20-36(64-6)21-15-32)43(40)67(60,61)53(27-30-10-16-34(62-4)17-11-30)28-31-12-18-35(63-5)19-13-31/h7-23,26,49H,24-25,27-29H2,1-6H3,(H,48,57)(H,55,56). The predicted molar refractivity (Wildman–Crippen MR) is 248 cm³/mol. The third-order valence-corrected chi connectivity index (χ3v) is 14.3. The number of amides is 1. The van der Waals surface area contributed by atoms with Crippen molar-refractivity contribution in [3.8, 4) is 39.8 Å². The molecule has 0 aliphatic rings. The van der Waals surface area contributed by atoms with Crippen LogP contribution in [0.2, 0.25) is 0 Å². The number of fused-ring (bicyclic) bond motifs is 1. The number of benzene rings is 5. The molecule has 1 amide bonds. The molecule has 5 aromatic carbocycles. The Morgan fingerprint density at radius 1 is 0.761 bits per heavy atom. The Kier molecular flexibility index (Phi) is 14.0. The van der Waals surface area contributed by atoms with E-state index in [4.69, 9.17) is 18.9 Å². The van der Waals surface area contributed by atoms with E-state index in [2.05, 4.69) is 25.8 Å². The molecular formula is C47H49N7O11S2. The van der Waals surface area contributed by atoms with Gasteiger partial charge in [-0.25, -0.2) is 31.1 Å². The second kappa shape index (κ2) is 19.7. The third kappa shape index (κ3) is 10.9. The van der Waals surface area contributed by atoms with Crippen LogP contribution in [0.25, 0.3) is 33.4 Å². The summed E-state index contributed by atoms with van der Waals surface area (Å²) in [5.74, 6) is -0.443. The minimum absolute atomic E-state index is 0.000678. The molecule has 0 saturated carbocycles. The van der Waals surface area contributed by atoms with Crippen molar-refractivity contribution < 1.29 is 50.5 Å². The normalized spacial score (nSPS) is 12.0. The summed E-state index contributed by atoms with van der Waals surface area (Å²) in [6.45, 7) is 4.05. The van der Waals surface area contributed by atoms with Crippen LogP contribution in [0.15, 0.2) is 119 Å². The third-order valence-electron chi connectivity index (χ3n) is 10.6. The number of carbonyl (C=O) groups is 2. The summed E-state index contributed by atoms with van der Waals surface area (Å²) in [5, 5.41) is 25.6. The van der Waals surface area contributed by atoms with Gasteiger partial charge in [-0.1, -0.05) is 60.7 Å². The van der Waals surface area contributed by atoms with Crippen molar-refractivity contribution in [2.45, 2.75) is 55.8 Å². The number of methoxy groups -OCH3 is 3. The Labute approximate surface area is 387 Å². The molecule has 67 heavy (non-hydrogen) atoms. The zero-order valence-electron chi connectivity index (χ0n) is 37.5. The molecule has 0 aliphatic carbocycles. The zero-order chi connectivity index (χ0) is 48.1. The molecule has 0 bridgehead atoms. The maximum atomic E-state index is 16.1. The fraction of sp³-hybridized carbons (Fsp3) is 0.255. The molecule has 350 valence electrons. The largest absolute Gasteiger partial charge is 0.497 e. The van der Waals surface area contributed by atoms with E-state index >= 15 is 8.42 Å². The van der Waals surface area contributed by atoms with Crippen LogP contribution in [0.4, 0.5) is 4.79 Å². The smallest absolute Gasteiger partial charge is 0.407 e. The lowest BCUT2D eigenvalue weighted by atomic mass is 9.97. The fourth-order valence-corrected chi connectivity index (χ4v) is 11.0. The SMILES string of the molecule is COc1ccc(CN(Cc2ccc(OC)cc2)S(=O)(=O)c2c(S(=O)(=O)CCNC(=O)OC(C)(C)C)ccc(-c3cccc4cc(C(=O)O)[nH]c34)c2-c2nnnn2Cc2ccc(OC)cc2)cc1. The van der Waals surface area contributed by atoms with Gasteiger partial charge in [-0.3, -0.25) is 0 Å². The summed E-state index contributed by atoms with van der Waals surface area (Å²) >= 11 is 0. The lowest BCUT2D eigenvalue weighted by molar-refractivity contribution is 0.0530. The van der Waals surface area contributed by atoms with E-state index in [1.54, 1.807) is 112 Å². The monoisotopic (exact) mass is 951 g/mol. The number of rotatable bonds is 18. The summed E-state index contributed by atoms with van der Waals surface area (Å²) in [5.41, 5.74) is 1.38. The van der Waals surface area contributed by atoms with Crippen molar-refractivity contribution in [3.63, 3.8) is 0 Å². The summed E-state index contributed by atoms with van der Waals surface area (Å²) in [4.78, 5) is 26.6. The molecule has 0 spiro atoms. The first-order valence-electron chi connectivity index (χ1n) is 20.8. The van der Waals surface area contributed by atoms with Crippen molar-refractivity contribution in [2.75, 3.05) is 33.6 Å². The first-order chi connectivity index (χ1) is 31.9. The van der Waals surface area contributed by atoms with Crippen LogP contribution in [0.5, 0.6) is 17.2 Å². The first-order valence-corrected chi connectivity index (χ1v) is 23.9. The van der Waals surface area contributed by atoms with Crippen molar-refractivity contribution in [1.82, 2.24) is 34.8 Å². The minimum atomic E-state index is -5.01. The number of aromatic nitrogens is 5. The lowest BCUT2D eigenvalue weighted by Crippen LogP contribution is -2.35. The number of carboxylic acids is 1. The van der Waals surface area contributed by atoms with Crippen LogP contribution < -0.4 is 19.5 Å². The summed E-state index contributed by atoms with van der Waals surface area (Å²) < 4.78 is 86.0. The number of alkyl carbamates (subject to hydrolysis) is 1. The molecule has 0 atom stereocenters. The Bertz CT molecular complexity index is 3080. The van der Waals surface area contributed by atoms with Gasteiger partial charge in [-0.2, -0.15) is 4.31 Å². The van der Waals surface area contributed by atoms with Crippen LogP contribution in [0.3, 0.4) is 0 Å². The number of aromatic amines is 1. The van der Waals surface area contributed by atoms with Crippen molar-refractivity contribution >= 4 is 42.8 Å². The molecule has 18 nitrogen and oxygen atoms in total. The predicted octanol–water partition coefficient (Wildman–Crippen LogP) is 6.95. The van der Waals surface area contributed by atoms with Crippen molar-refractivity contribution in [2.24, 2.45) is 0 Å². The van der Waals surface area contributed by atoms with Crippen molar-refractivity contribution in [1.29, 1.82) is 0 Å². The molecule has 0 radical (unpaired) electrons. The Morgan fingerprint density at radius 3 is 1.87 bits per heavy atom. The molecule has 0 fully saturated rings. The molecule has 0 unspecified atom stereocenters. The van der Waals surface area contributed by atoms with Crippen LogP contribution >= 0.6 is 0 Å². The average Bonchev–Trinajstić information content (AvgIpc) is 3.96. The number of nitrogens with zero attached hydrogens (tertiary/aromatic N) is 5. The number of carbonyl (C=O) groups excluding carboxylic acids is 1. The molecule has 20 heteroatoms. The number of tetrazole rings is 1. The quantitative estimate of drug-likeness (QED) is 0.0790. The topological polar surface area (TPSA) is 234 Å². The number of sulfonamides is 1. The number of nitrogens with one attached hydrogen (secondary N) is 2. The van der Waals surface area contributed by atoms with Gasteiger partial charge in [0.2, 0.25) is 10.0 Å². The molecule has 3 N–H and O–H groups in total. The number of carboxylic acid groups (broad SMARTS) is 1. The van der Waals surface area contributed by atoms with Crippen LogP contribution in [-0.2, 0) is 44.2 Å². The van der Waals surface area contributed by atoms with Gasteiger partial charge in [0.25, 0.3) is 0 Å². The molecule has 7 aromatic rings. The van der Waals surface area contributed by atoms with Gasteiger partial charge in [0, 0.05) is 30.6 Å². The Morgan fingerprint density at radius 2 is 1.33 bits per heavy atom. The summed E-state index contributed by atoms with van der Waals surface area (Å²) in [7, 11) is -5.10. The molecule has 7 rings (SSSR count). The second-order valence-electron chi connectivity index (χ2n) is 16.3. The summed E-state index contributed by atoms with van der Waals surface area (Å²) in [6.07, 6.45) is -0.866. The van der Waals surface area contributed by atoms with E-state index in [1.165, 1.54) is 44.2 Å². The van der Waals surface area contributed by atoms with Gasteiger partial charge in [-0.15, -0.1) is 5.10 Å². The van der Waals surface area contributed by atoms with E-state index in [1.807, 2.05) is 0 Å². The van der Waals surface area contributed by atoms with Crippen LogP contribution in [0.1, 0.15) is 48.0 Å². The van der Waals surface area contributed by atoms with E-state index in [9.17, 15) is 23.1 Å². The minimum Gasteiger partial charge on any atom is -0.497 e. The van der Waals surface area contributed by atoms with E-state index in [0.29, 0.717) is 50.4 Å². The van der Waals surface area contributed by atoms with E-state index in [0.717, 1.165) is 4.31 Å². The highest BCUT2D eigenvalue weighted by Crippen LogP contribution is 2.44. The van der Waals surface area contributed by atoms with Gasteiger partial charge in [-0.05, 0) is 102 Å². The highest BCUT2D eigenvalue weighted by Gasteiger charge is 2.38. The van der Waals surface area contributed by atoms with Gasteiger partial charge in [0.15, 0.2) is 15.7 Å². The maximum absolute atomic E-state index is 16.1. The van der Waals surface area contributed by atoms with E-state index < -0.39 is 59.6 Å². The molecule has 2 aromatic heterocycles. The lowest BCUT2D eigenvalue weighted by Gasteiger charge is -2.27. The van der Waals surface area contributed by atoms with Gasteiger partial charge >= 0.3 is 12.1 Å². The van der Waals surface area contributed by atoms with Crippen LogP contribution in [0, 0.1) is 0 Å². The van der Waals surface area contributed by atoms with Gasteiger partial charge in [0.05, 0.1) is 49.6 Å². The Balaban J connectivity index is 1.52. The number of hydrogen-bond donors (Lipinski definition) is 3. The van der Waals surface area contributed by atoms with Gasteiger partial charge < -0.3 is 34.4 Å². The van der Waals surface area contributed by atoms with E-state index in [-0.39, 0.29) is 42.3 Å². The number of H-pyrrole nitrogens is 1. The molecular weight excluding hydrogens is 903 g/mol. The number of sulfone groups is 1. The molecule has 2 heterocycles. The van der Waals surface area contributed by atoms with Crippen LogP contribution in [-0.4, -0.2) is 103 Å². The second-order valence-corrected chi connectivity index (χ2v) is 20.3. The highest BCUT2D eigenvalue weighted by atomic mass is 32.2. The number of para-hydroxylation sites is 1. The number of ether oxygens (including phenoxy) is 4. The zero-order valence-corrected chi connectivity index (χ0v) is 39.1. The molecule has 0 saturated heterocycles. The Hall–Kier alpha value is -7.29. The maximum Gasteiger partial charge on any atom is 0.407 e.